The molecule has 0 bridgehead atoms. The van der Waals surface area contributed by atoms with Crippen LogP contribution in [-0.2, 0) is 0 Å². The highest BCUT2D eigenvalue weighted by Gasteiger charge is 2.80. The van der Waals surface area contributed by atoms with Crippen LogP contribution in [0.4, 0.5) is 198 Å². The van der Waals surface area contributed by atoms with Crippen molar-refractivity contribution in [3.63, 3.8) is 0 Å². The summed E-state index contributed by atoms with van der Waals surface area (Å²) in [7, 11) is -4.66. The molecule has 0 nitrogen and oxygen atoms in total. The van der Waals surface area contributed by atoms with Crippen molar-refractivity contribution in [3.8, 4) is 11.1 Å². The zero-order chi connectivity index (χ0) is 83.8. The Labute approximate surface area is 577 Å². The first-order chi connectivity index (χ1) is 50.5. The van der Waals surface area contributed by atoms with Gasteiger partial charge in [0.2, 0.25) is 5.82 Å². The molecule has 0 aromatic heterocycles. The Hall–Kier alpha value is -9.42. The van der Waals surface area contributed by atoms with Crippen molar-refractivity contribution in [3.05, 3.63) is 222 Å². The van der Waals surface area contributed by atoms with Gasteiger partial charge in [0, 0.05) is 12.0 Å². The van der Waals surface area contributed by atoms with Gasteiger partial charge in [-0.25, -0.2) is 149 Å². The molecule has 110 heavy (non-hydrogen) atoms. The lowest BCUT2D eigenvalue weighted by Crippen LogP contribution is -2.79. The van der Waals surface area contributed by atoms with Gasteiger partial charge in [0.15, 0.2) is 171 Å². The minimum Gasteiger partial charge on any atom is -0.207 e. The number of halogens is 45. The van der Waals surface area contributed by atoms with E-state index in [1.807, 2.05) is 0 Å². The van der Waals surface area contributed by atoms with Crippen molar-refractivity contribution in [1.29, 1.82) is 0 Å². The van der Waals surface area contributed by atoms with Crippen LogP contribution < -0.4 is 21.9 Å². The van der Waals surface area contributed by atoms with Crippen molar-refractivity contribution in [1.82, 2.24) is 0 Å². The van der Waals surface area contributed by atoms with Crippen LogP contribution >= 0.6 is 8.58 Å². The lowest BCUT2D eigenvalue weighted by Gasteiger charge is -2.47. The quantitative estimate of drug-likeness (QED) is 0.0254. The Morgan fingerprint density at radius 1 is 0.255 bits per heavy atom. The minimum absolute atomic E-state index is 0.0132. The highest BCUT2D eigenvalue weighted by Crippen LogP contribution is 2.63. The normalized spacial score (nSPS) is 12.8. The number of hydrogen-bond acceptors (Lipinski definition) is 0. The topological polar surface area (TPSA) is 0 Å². The van der Waals surface area contributed by atoms with Crippen molar-refractivity contribution in [2.45, 2.75) is 68.4 Å². The van der Waals surface area contributed by atoms with Gasteiger partial charge in [0.25, 0.3) is 0 Å². The minimum atomic E-state index is -8.05. The summed E-state index contributed by atoms with van der Waals surface area (Å²) < 4.78 is 665. The fourth-order valence-electron chi connectivity index (χ4n) is 11.7. The Morgan fingerprint density at radius 3 is 0.727 bits per heavy atom. The summed E-state index contributed by atoms with van der Waals surface area (Å²) >= 11 is 0. The number of alkyl halides is 11. The smallest absolute Gasteiger partial charge is 0.207 e. The summed E-state index contributed by atoms with van der Waals surface area (Å²) in [6.45, 7) is 1.66. The van der Waals surface area contributed by atoms with Crippen LogP contribution in [0.3, 0.4) is 0 Å². The van der Waals surface area contributed by atoms with Gasteiger partial charge in [-0.3, -0.25) is 0 Å². The van der Waals surface area contributed by atoms with Gasteiger partial charge >= 0.3 is 29.3 Å². The van der Waals surface area contributed by atoms with Gasteiger partial charge in [-0.2, -0.15) is 48.3 Å². The van der Waals surface area contributed by atoms with Crippen molar-refractivity contribution in [2.24, 2.45) is 0 Å². The molecule has 0 saturated carbocycles. The third kappa shape index (κ3) is 12.9. The van der Waals surface area contributed by atoms with Gasteiger partial charge in [-0.15, -0.1) is 21.9 Å². The predicted molar refractivity (Wildman–Crippen MR) is 295 cm³/mol. The number of hydrogen-bond donors (Lipinski definition) is 0. The van der Waals surface area contributed by atoms with Crippen LogP contribution in [0, 0.1) is 198 Å². The Bertz CT molecular complexity index is 4960. The highest BCUT2D eigenvalue weighted by atomic mass is 31.1. The van der Waals surface area contributed by atoms with Gasteiger partial charge < -0.3 is 0 Å². The van der Waals surface area contributed by atoms with E-state index in [1.165, 1.54) is 12.1 Å². The second-order valence-electron chi connectivity index (χ2n) is 22.7. The summed E-state index contributed by atoms with van der Waals surface area (Å²) in [5.74, 6) is -128. The molecule has 0 amide bonds. The second kappa shape index (κ2) is 29.7. The summed E-state index contributed by atoms with van der Waals surface area (Å²) in [5, 5.41) is -27.0. The molecule has 0 N–H and O–H groups in total. The van der Waals surface area contributed by atoms with Crippen LogP contribution in [-0.4, -0.2) is 35.5 Å². The van der Waals surface area contributed by atoms with Gasteiger partial charge in [0.05, 0.1) is 27.1 Å². The fourth-order valence-corrected chi connectivity index (χ4v) is 12.7. The van der Waals surface area contributed by atoms with Crippen LogP contribution in [0.2, 0.25) is 0 Å². The molecule has 10 aromatic rings. The largest absolute Gasteiger partial charge is 0.493 e. The maximum atomic E-state index is 17.3. The Kier molecular flexibility index (Phi) is 23.3. The third-order valence-electron chi connectivity index (χ3n) is 16.6. The van der Waals surface area contributed by atoms with E-state index in [-0.39, 0.29) is 6.42 Å². The molecule has 0 aliphatic rings. The number of unbranched alkanes of at least 4 members (excludes halogenated alkanes) is 3. The molecule has 10 rings (SSSR count). The molecule has 0 saturated heterocycles. The summed E-state index contributed by atoms with van der Waals surface area (Å²) in [6.07, 6.45) is -16.0. The second-order valence-corrected chi connectivity index (χ2v) is 24.5. The van der Waals surface area contributed by atoms with E-state index in [2.05, 4.69) is 0 Å². The summed E-state index contributed by atoms with van der Waals surface area (Å²) in [4.78, 5) is 0. The maximum absolute atomic E-state index is 17.3. The monoisotopic (exact) mass is 1670 g/mol. The van der Waals surface area contributed by atoms with Crippen LogP contribution in [0.25, 0.3) is 54.2 Å². The molecule has 0 aliphatic heterocycles. The van der Waals surface area contributed by atoms with Gasteiger partial charge in [-0.1, -0.05) is 44.4 Å². The van der Waals surface area contributed by atoms with Gasteiger partial charge in [-0.05, 0) is 34.0 Å². The number of fused-ring (bicyclic) bond motifs is 4. The van der Waals surface area contributed by atoms with E-state index in [0.29, 0.717) is 12.8 Å². The molecular weight excluding hydrogens is 1650 g/mol. The molecule has 10 aromatic carbocycles. The van der Waals surface area contributed by atoms with Crippen LogP contribution in [0.5, 0.6) is 0 Å². The van der Waals surface area contributed by atoms with E-state index < -0.39 is 331 Å². The fraction of sp³-hybridized carbons (Fsp3) is 0.175. The number of rotatable bonds is 14. The third-order valence-corrected chi connectivity index (χ3v) is 18.0. The highest BCUT2D eigenvalue weighted by molar-refractivity contribution is 7.41. The SMILES string of the molecule is CCCCCCC(F)(F)C(F)(F)C(F)(F)[PH2+]C(F)(F)C(F)(F)F.Fc1c(F)c(F)c2c([B-](c3c(F)c(F)c(F)c4c(F)c(F)c(F)c(F)c34)(c3c(F)c(F)c(F)c4c(F)c(F)c(F)c(F)c34)c3c(F)c(F)c(F)c4c(F)c(F)c(F)c(F)c34)c(F)c(F)c(F)c2c1F.Fc1ccccc1-c1c(F)c(F)c(F)c(F)c1F. The van der Waals surface area contributed by atoms with Gasteiger partial charge in [0.1, 0.15) is 35.2 Å². The molecular formula is C63H19BF45P. The first-order valence-electron chi connectivity index (χ1n) is 28.6. The molecule has 0 aliphatic carbocycles. The first-order valence-corrected chi connectivity index (χ1v) is 29.8. The molecule has 594 valence electrons. The van der Waals surface area contributed by atoms with E-state index in [1.54, 1.807) is 6.92 Å². The van der Waals surface area contributed by atoms with Crippen molar-refractivity contribution < 1.29 is 198 Å². The van der Waals surface area contributed by atoms with Crippen LogP contribution in [0.15, 0.2) is 24.3 Å². The Balaban J connectivity index is 0.000000301. The summed E-state index contributed by atoms with van der Waals surface area (Å²) in [5.41, 5.74) is -29.8. The lowest BCUT2D eigenvalue weighted by atomic mass is 9.11. The van der Waals surface area contributed by atoms with Crippen molar-refractivity contribution in [2.75, 3.05) is 0 Å². The molecule has 1 atom stereocenters. The van der Waals surface area contributed by atoms with Crippen molar-refractivity contribution >= 4 is 79.7 Å². The molecule has 47 heteroatoms. The zero-order valence-corrected chi connectivity index (χ0v) is 52.7. The zero-order valence-electron chi connectivity index (χ0n) is 51.5. The Morgan fingerprint density at radius 2 is 0.482 bits per heavy atom. The molecule has 0 fully saturated rings. The molecule has 0 spiro atoms. The van der Waals surface area contributed by atoms with E-state index in [9.17, 15) is 92.2 Å². The first kappa shape index (κ1) is 86.2. The predicted octanol–water partition coefficient (Wildman–Crippen LogP) is 22.1. The molecule has 0 radical (unpaired) electrons. The van der Waals surface area contributed by atoms with E-state index >= 15 is 105 Å². The van der Waals surface area contributed by atoms with E-state index in [0.717, 1.165) is 12.1 Å². The maximum Gasteiger partial charge on any atom is 0.493 e. The lowest BCUT2D eigenvalue weighted by molar-refractivity contribution is -0.286. The van der Waals surface area contributed by atoms with Crippen LogP contribution in [0.1, 0.15) is 39.0 Å². The molecule has 1 unspecified atom stereocenters. The standard InChI is InChI=1S/C40BF28.C12H4F6.C11H14F11P/c42-13-1-5(21(50)37(66)33(13)62)17(46)29(58)25(54)9(1)41(10-2-6(18(47)30(59)26(10)55)22(51)38(67)34(63)14(2)43,11-3-7(19(48)31(60)27(11)56)23(52)39(68)35(64)15(3)44)12-4-8(20(49)32(61)28(12)57)24(53)40(69)36(65)16(4)45;13-6-4-2-1-3-5(6)7-8(14)10(16)12(18)11(17)9(7)15;1-2-3-4-5-6-7(12,13)8(14,15)10(19,20)23-11(21,22)9(16,17)18/h;1-4H;23H,2-6H2,1H3/q-1;;/p+1. The molecule has 0 heterocycles. The van der Waals surface area contributed by atoms with E-state index in [4.69, 9.17) is 0 Å². The average Bonchev–Trinajstić information content (AvgIpc) is 0.660. The number of benzene rings is 10. The summed E-state index contributed by atoms with van der Waals surface area (Å²) in [6, 6.07) is 4.22. The average molecular weight is 1670 g/mol.